The van der Waals surface area contributed by atoms with Crippen molar-refractivity contribution in [3.8, 4) is 11.3 Å². The number of ether oxygens (including phenoxy) is 1. The van der Waals surface area contributed by atoms with Crippen LogP contribution < -0.4 is 10.6 Å². The molecule has 0 fully saturated rings. The molecule has 0 bridgehead atoms. The van der Waals surface area contributed by atoms with Gasteiger partial charge in [0, 0.05) is 35.0 Å². The van der Waals surface area contributed by atoms with Gasteiger partial charge in [-0.05, 0) is 43.2 Å². The number of hydrogen-bond donors (Lipinski definition) is 2. The molecule has 0 radical (unpaired) electrons. The maximum atomic E-state index is 12.7. The van der Waals surface area contributed by atoms with E-state index in [1.807, 2.05) is 24.3 Å². The number of amides is 2. The Balaban J connectivity index is 1.45. The highest BCUT2D eigenvalue weighted by Crippen LogP contribution is 2.26. The van der Waals surface area contributed by atoms with Gasteiger partial charge in [-0.15, -0.1) is 0 Å². The van der Waals surface area contributed by atoms with E-state index in [0.29, 0.717) is 33.4 Å². The van der Waals surface area contributed by atoms with E-state index in [0.717, 1.165) is 18.4 Å². The number of rotatable bonds is 6. The summed E-state index contributed by atoms with van der Waals surface area (Å²) in [6, 6.07) is 15.2. The van der Waals surface area contributed by atoms with Crippen molar-refractivity contribution >= 4 is 40.9 Å². The zero-order chi connectivity index (χ0) is 24.9. The molecule has 2 amide bonds. The molecule has 0 atom stereocenters. The van der Waals surface area contributed by atoms with Gasteiger partial charge in [0.15, 0.2) is 0 Å². The summed E-state index contributed by atoms with van der Waals surface area (Å²) in [5, 5.41) is 10.6. The number of anilines is 2. The third-order valence-electron chi connectivity index (χ3n) is 5.45. The zero-order valence-corrected chi connectivity index (χ0v) is 19.9. The van der Waals surface area contributed by atoms with Crippen LogP contribution in [0, 0.1) is 0 Å². The molecule has 2 aromatic carbocycles. The number of nitrogens with one attached hydrogen (secondary N) is 2. The molecule has 2 N–H and O–H groups in total. The highest BCUT2D eigenvalue weighted by molar-refractivity contribution is 6.36. The number of benzene rings is 2. The number of esters is 1. The predicted octanol–water partition coefficient (Wildman–Crippen LogP) is 4.91. The van der Waals surface area contributed by atoms with Crippen LogP contribution in [0.3, 0.4) is 0 Å². The van der Waals surface area contributed by atoms with E-state index < -0.39 is 5.97 Å². The van der Waals surface area contributed by atoms with Gasteiger partial charge in [-0.1, -0.05) is 42.0 Å². The Kier molecular flexibility index (Phi) is 7.12. The fourth-order valence-electron chi connectivity index (χ4n) is 3.59. The average molecular weight is 491 g/mol. The lowest BCUT2D eigenvalue weighted by Gasteiger charge is -2.11. The van der Waals surface area contributed by atoms with Gasteiger partial charge >= 0.3 is 5.97 Å². The molecule has 8 nitrogen and oxygen atoms in total. The maximum Gasteiger partial charge on any atom is 0.337 e. The average Bonchev–Trinajstić information content (AvgIpc) is 3.24. The zero-order valence-electron chi connectivity index (χ0n) is 19.2. The minimum atomic E-state index is -0.517. The van der Waals surface area contributed by atoms with Crippen LogP contribution in [-0.4, -0.2) is 34.7 Å². The Morgan fingerprint density at radius 3 is 2.37 bits per heavy atom. The largest absolute Gasteiger partial charge is 0.465 e. The van der Waals surface area contributed by atoms with Gasteiger partial charge in [0.2, 0.25) is 0 Å². The van der Waals surface area contributed by atoms with Crippen LogP contribution >= 0.6 is 11.6 Å². The molecule has 0 saturated heterocycles. The lowest BCUT2D eigenvalue weighted by molar-refractivity contribution is -0.112. The molecule has 0 unspecified atom stereocenters. The van der Waals surface area contributed by atoms with Crippen LogP contribution in [-0.2, 0) is 16.6 Å². The van der Waals surface area contributed by atoms with E-state index in [1.54, 1.807) is 48.1 Å². The van der Waals surface area contributed by atoms with E-state index in [4.69, 9.17) is 16.3 Å². The van der Waals surface area contributed by atoms with Gasteiger partial charge in [-0.25, -0.2) is 4.79 Å². The third-order valence-corrected chi connectivity index (χ3v) is 5.80. The summed E-state index contributed by atoms with van der Waals surface area (Å²) in [6.07, 6.45) is 5.29. The summed E-state index contributed by atoms with van der Waals surface area (Å²) in [5.41, 5.74) is 3.16. The van der Waals surface area contributed by atoms with Crippen molar-refractivity contribution in [1.82, 2.24) is 9.78 Å². The predicted molar refractivity (Wildman–Crippen MR) is 134 cm³/mol. The van der Waals surface area contributed by atoms with Crippen LogP contribution in [0.25, 0.3) is 11.3 Å². The fraction of sp³-hybridized carbons (Fsp3) is 0.154. The second kappa shape index (κ2) is 10.4. The number of nitrogens with zero attached hydrogens (tertiary/aromatic N) is 2. The second-order valence-corrected chi connectivity index (χ2v) is 8.25. The first-order valence-electron chi connectivity index (χ1n) is 10.9. The standard InChI is InChI=1S/C26H23ClN4O4/c1-31-23(29-24(32)17-6-5-7-18(14-17)26(34)35-2)15-22(30-31)16-10-12-19(13-11-16)28-25(33)20-8-3-4-9-21(20)27/h5-15H,3-4H2,1-2H3,(H,28,33)(H,29,32). The summed E-state index contributed by atoms with van der Waals surface area (Å²) in [7, 11) is 3.00. The number of carbonyl (C=O) groups excluding carboxylic acids is 3. The van der Waals surface area contributed by atoms with Gasteiger partial charge in [0.25, 0.3) is 11.8 Å². The maximum absolute atomic E-state index is 12.7. The van der Waals surface area contributed by atoms with E-state index in [9.17, 15) is 14.4 Å². The van der Waals surface area contributed by atoms with Crippen molar-refractivity contribution in [2.75, 3.05) is 17.7 Å². The van der Waals surface area contributed by atoms with Crippen molar-refractivity contribution < 1.29 is 19.1 Å². The highest BCUT2D eigenvalue weighted by atomic mass is 35.5. The summed E-state index contributed by atoms with van der Waals surface area (Å²) >= 11 is 6.14. The molecule has 35 heavy (non-hydrogen) atoms. The van der Waals surface area contributed by atoms with E-state index in [2.05, 4.69) is 15.7 Å². The smallest absolute Gasteiger partial charge is 0.337 e. The van der Waals surface area contributed by atoms with E-state index in [1.165, 1.54) is 13.2 Å². The summed E-state index contributed by atoms with van der Waals surface area (Å²) < 4.78 is 6.26. The van der Waals surface area contributed by atoms with Crippen molar-refractivity contribution in [2.45, 2.75) is 12.8 Å². The highest BCUT2D eigenvalue weighted by Gasteiger charge is 2.16. The van der Waals surface area contributed by atoms with Crippen molar-refractivity contribution in [3.05, 3.63) is 88.5 Å². The molecule has 0 aliphatic heterocycles. The first-order chi connectivity index (χ1) is 16.9. The SMILES string of the molecule is COC(=O)c1cccc(C(=O)Nc2cc(-c3ccc(NC(=O)C4=CCCC=C4Cl)cc3)nn2C)c1. The Hall–Kier alpha value is -4.17. The number of halogens is 1. The lowest BCUT2D eigenvalue weighted by atomic mass is 10.1. The quantitative estimate of drug-likeness (QED) is 0.478. The van der Waals surface area contributed by atoms with Crippen LogP contribution in [0.15, 0.2) is 77.4 Å². The Labute approximate surface area is 207 Å². The number of methoxy groups -OCH3 is 1. The van der Waals surface area contributed by atoms with Crippen molar-refractivity contribution in [2.24, 2.45) is 7.05 Å². The second-order valence-electron chi connectivity index (χ2n) is 7.84. The fourth-order valence-corrected chi connectivity index (χ4v) is 3.86. The monoisotopic (exact) mass is 490 g/mol. The third kappa shape index (κ3) is 5.50. The number of hydrogen-bond acceptors (Lipinski definition) is 5. The van der Waals surface area contributed by atoms with Gasteiger partial charge in [0.05, 0.1) is 23.9 Å². The summed E-state index contributed by atoms with van der Waals surface area (Å²) in [4.78, 5) is 36.9. The Morgan fingerprint density at radius 1 is 0.943 bits per heavy atom. The number of carbonyl (C=O) groups is 3. The molecule has 9 heteroatoms. The lowest BCUT2D eigenvalue weighted by Crippen LogP contribution is -2.15. The van der Waals surface area contributed by atoms with Crippen LogP contribution in [0.1, 0.15) is 33.6 Å². The summed E-state index contributed by atoms with van der Waals surface area (Å²) in [5.74, 6) is -0.667. The first kappa shape index (κ1) is 24.0. The van der Waals surface area contributed by atoms with Gasteiger partial charge in [-0.2, -0.15) is 5.10 Å². The molecular weight excluding hydrogens is 468 g/mol. The molecule has 1 heterocycles. The molecule has 178 valence electrons. The van der Waals surface area contributed by atoms with E-state index in [-0.39, 0.29) is 17.4 Å². The van der Waals surface area contributed by atoms with Crippen LogP contribution in [0.2, 0.25) is 0 Å². The summed E-state index contributed by atoms with van der Waals surface area (Å²) in [6.45, 7) is 0. The molecule has 4 rings (SSSR count). The van der Waals surface area contributed by atoms with Gasteiger partial charge in [0.1, 0.15) is 5.82 Å². The van der Waals surface area contributed by atoms with Crippen molar-refractivity contribution in [1.29, 1.82) is 0 Å². The Bertz CT molecular complexity index is 1360. The molecule has 1 aliphatic rings. The topological polar surface area (TPSA) is 102 Å². The van der Waals surface area contributed by atoms with E-state index >= 15 is 0 Å². The number of aromatic nitrogens is 2. The minimum absolute atomic E-state index is 0.252. The molecule has 1 aliphatic carbocycles. The normalized spacial score (nSPS) is 12.9. The molecule has 1 aromatic heterocycles. The van der Waals surface area contributed by atoms with Gasteiger partial charge in [-0.3, -0.25) is 14.3 Å². The molecular formula is C26H23ClN4O4. The number of allylic oxidation sites excluding steroid dienone is 2. The first-order valence-corrected chi connectivity index (χ1v) is 11.3. The van der Waals surface area contributed by atoms with Gasteiger partial charge < -0.3 is 15.4 Å². The number of aryl methyl sites for hydroxylation is 1. The minimum Gasteiger partial charge on any atom is -0.465 e. The van der Waals surface area contributed by atoms with Crippen LogP contribution in [0.4, 0.5) is 11.5 Å². The molecule has 0 saturated carbocycles. The van der Waals surface area contributed by atoms with Crippen LogP contribution in [0.5, 0.6) is 0 Å². The molecule has 0 spiro atoms. The van der Waals surface area contributed by atoms with Crippen molar-refractivity contribution in [3.63, 3.8) is 0 Å². The molecule has 3 aromatic rings. The Morgan fingerprint density at radius 2 is 1.66 bits per heavy atom.